The Hall–Kier alpha value is -2.40. The molecule has 2 rings (SSSR count). The molecule has 2 aromatic rings. The number of aliphatic hydroxyl groups excluding tert-OH is 1. The Balaban J connectivity index is 1.90. The molecule has 0 aliphatic rings. The third-order valence-electron chi connectivity index (χ3n) is 3.01. The minimum atomic E-state index is -0.372. The lowest BCUT2D eigenvalue weighted by atomic mass is 10.1. The predicted molar refractivity (Wildman–Crippen MR) is 82.1 cm³/mol. The summed E-state index contributed by atoms with van der Waals surface area (Å²) in [6, 6.07) is 14.4. The van der Waals surface area contributed by atoms with E-state index in [-0.39, 0.29) is 18.7 Å². The number of nitrogens with zero attached hydrogens (tertiary/aromatic N) is 1. The summed E-state index contributed by atoms with van der Waals surface area (Å²) in [5.74, 6) is 0.490. The van der Waals surface area contributed by atoms with Crippen LogP contribution in [0.2, 0.25) is 0 Å². The average molecular weight is 285 g/mol. The Labute approximate surface area is 124 Å². The SMILES string of the molecule is Cc1cccc(NC(=O)N[C@H](CO)Cc2ccccc2)n1. The second-order valence-electron chi connectivity index (χ2n) is 4.83. The van der Waals surface area contributed by atoms with Gasteiger partial charge >= 0.3 is 6.03 Å². The highest BCUT2D eigenvalue weighted by Crippen LogP contribution is 2.05. The van der Waals surface area contributed by atoms with Gasteiger partial charge < -0.3 is 10.4 Å². The molecule has 1 heterocycles. The zero-order valence-electron chi connectivity index (χ0n) is 11.9. The quantitative estimate of drug-likeness (QED) is 0.787. The third kappa shape index (κ3) is 4.89. The molecule has 0 aliphatic heterocycles. The number of nitrogens with one attached hydrogen (secondary N) is 2. The minimum Gasteiger partial charge on any atom is -0.394 e. The van der Waals surface area contributed by atoms with Crippen LogP contribution in [0.15, 0.2) is 48.5 Å². The van der Waals surface area contributed by atoms with Gasteiger partial charge in [0, 0.05) is 5.69 Å². The van der Waals surface area contributed by atoms with E-state index < -0.39 is 0 Å². The molecule has 0 unspecified atom stereocenters. The zero-order chi connectivity index (χ0) is 15.1. The molecule has 0 fully saturated rings. The topological polar surface area (TPSA) is 74.2 Å². The maximum atomic E-state index is 11.9. The normalized spacial score (nSPS) is 11.7. The fraction of sp³-hybridized carbons (Fsp3) is 0.250. The van der Waals surface area contributed by atoms with E-state index in [9.17, 15) is 9.90 Å². The Morgan fingerprint density at radius 3 is 2.62 bits per heavy atom. The zero-order valence-corrected chi connectivity index (χ0v) is 11.9. The van der Waals surface area contributed by atoms with Crippen molar-refractivity contribution in [2.45, 2.75) is 19.4 Å². The van der Waals surface area contributed by atoms with Crippen molar-refractivity contribution < 1.29 is 9.90 Å². The number of rotatable bonds is 5. The van der Waals surface area contributed by atoms with Gasteiger partial charge in [-0.15, -0.1) is 0 Å². The number of amides is 2. The largest absolute Gasteiger partial charge is 0.394 e. The van der Waals surface area contributed by atoms with Gasteiger partial charge in [-0.2, -0.15) is 0 Å². The van der Waals surface area contributed by atoms with Crippen LogP contribution in [0.4, 0.5) is 10.6 Å². The van der Waals surface area contributed by atoms with Crippen LogP contribution in [0, 0.1) is 6.92 Å². The molecule has 2 amide bonds. The van der Waals surface area contributed by atoms with E-state index >= 15 is 0 Å². The standard InChI is InChI=1S/C16H19N3O2/c1-12-6-5-9-15(17-12)19-16(21)18-14(11-20)10-13-7-3-2-4-8-13/h2-9,14,20H,10-11H2,1H3,(H2,17,18,19,21)/t14-/m0/s1. The lowest BCUT2D eigenvalue weighted by Gasteiger charge is -2.16. The van der Waals surface area contributed by atoms with Gasteiger partial charge in [0.25, 0.3) is 0 Å². The number of aryl methyl sites for hydroxylation is 1. The summed E-state index contributed by atoms with van der Waals surface area (Å²) in [6.07, 6.45) is 0.575. The van der Waals surface area contributed by atoms with Crippen molar-refractivity contribution in [3.8, 4) is 0 Å². The van der Waals surface area contributed by atoms with Crippen LogP contribution in [0.3, 0.4) is 0 Å². The molecule has 1 atom stereocenters. The lowest BCUT2D eigenvalue weighted by Crippen LogP contribution is -2.41. The molecule has 110 valence electrons. The maximum Gasteiger partial charge on any atom is 0.320 e. The van der Waals surface area contributed by atoms with E-state index in [1.807, 2.05) is 49.4 Å². The van der Waals surface area contributed by atoms with Crippen LogP contribution in [0.1, 0.15) is 11.3 Å². The molecule has 0 aliphatic carbocycles. The highest BCUT2D eigenvalue weighted by molar-refractivity contribution is 5.88. The Morgan fingerprint density at radius 1 is 1.19 bits per heavy atom. The predicted octanol–water partition coefficient (Wildman–Crippen LogP) is 2.12. The molecule has 0 radical (unpaired) electrons. The first-order chi connectivity index (χ1) is 10.2. The summed E-state index contributed by atoms with van der Waals surface area (Å²) in [6.45, 7) is 1.73. The van der Waals surface area contributed by atoms with Crippen molar-refractivity contribution in [1.82, 2.24) is 10.3 Å². The van der Waals surface area contributed by atoms with E-state index in [1.54, 1.807) is 6.07 Å². The Bertz CT molecular complexity index is 587. The monoisotopic (exact) mass is 285 g/mol. The molecule has 5 heteroatoms. The minimum absolute atomic E-state index is 0.121. The molecule has 0 spiro atoms. The van der Waals surface area contributed by atoms with E-state index in [0.29, 0.717) is 12.2 Å². The van der Waals surface area contributed by atoms with Gasteiger partial charge in [-0.05, 0) is 31.0 Å². The van der Waals surface area contributed by atoms with Crippen molar-refractivity contribution >= 4 is 11.8 Å². The number of benzene rings is 1. The van der Waals surface area contributed by atoms with E-state index in [4.69, 9.17) is 0 Å². The third-order valence-corrected chi connectivity index (χ3v) is 3.01. The average Bonchev–Trinajstić information content (AvgIpc) is 2.47. The number of pyridine rings is 1. The van der Waals surface area contributed by atoms with Crippen molar-refractivity contribution in [3.05, 3.63) is 59.8 Å². The van der Waals surface area contributed by atoms with Gasteiger partial charge in [-0.25, -0.2) is 9.78 Å². The molecule has 1 aromatic carbocycles. The van der Waals surface area contributed by atoms with Crippen molar-refractivity contribution in [1.29, 1.82) is 0 Å². The molecule has 3 N–H and O–H groups in total. The van der Waals surface area contributed by atoms with Gasteiger partial charge in [0.15, 0.2) is 0 Å². The first kappa shape index (κ1) is 15.0. The Kier molecular flexibility index (Phi) is 5.29. The van der Waals surface area contributed by atoms with Crippen LogP contribution in [0.25, 0.3) is 0 Å². The summed E-state index contributed by atoms with van der Waals surface area (Å²) in [4.78, 5) is 16.1. The van der Waals surface area contributed by atoms with Crippen LogP contribution >= 0.6 is 0 Å². The summed E-state index contributed by atoms with van der Waals surface area (Å²) in [5, 5.41) is 14.8. The number of anilines is 1. The fourth-order valence-electron chi connectivity index (χ4n) is 2.01. The summed E-state index contributed by atoms with van der Waals surface area (Å²) >= 11 is 0. The van der Waals surface area contributed by atoms with E-state index in [0.717, 1.165) is 11.3 Å². The molecule has 21 heavy (non-hydrogen) atoms. The number of aliphatic hydroxyl groups is 1. The number of carbonyl (C=O) groups is 1. The fourth-order valence-corrected chi connectivity index (χ4v) is 2.01. The van der Waals surface area contributed by atoms with Crippen LogP contribution in [-0.4, -0.2) is 28.8 Å². The van der Waals surface area contributed by atoms with Crippen molar-refractivity contribution in [2.24, 2.45) is 0 Å². The molecule has 5 nitrogen and oxygen atoms in total. The van der Waals surface area contributed by atoms with Crippen LogP contribution in [0.5, 0.6) is 0 Å². The second-order valence-corrected chi connectivity index (χ2v) is 4.83. The summed E-state index contributed by atoms with van der Waals surface area (Å²) in [7, 11) is 0. The molecule has 0 bridgehead atoms. The van der Waals surface area contributed by atoms with Crippen molar-refractivity contribution in [3.63, 3.8) is 0 Å². The van der Waals surface area contributed by atoms with Gasteiger partial charge in [0.05, 0.1) is 12.6 Å². The summed E-state index contributed by atoms with van der Waals surface area (Å²) < 4.78 is 0. The maximum absolute atomic E-state index is 11.9. The smallest absolute Gasteiger partial charge is 0.320 e. The second kappa shape index (κ2) is 7.40. The molecule has 1 aromatic heterocycles. The number of hydrogen-bond donors (Lipinski definition) is 3. The van der Waals surface area contributed by atoms with E-state index in [1.165, 1.54) is 0 Å². The van der Waals surface area contributed by atoms with Crippen LogP contribution < -0.4 is 10.6 Å². The number of aromatic nitrogens is 1. The Morgan fingerprint density at radius 2 is 1.95 bits per heavy atom. The number of urea groups is 1. The molecular formula is C16H19N3O2. The molecular weight excluding hydrogens is 266 g/mol. The highest BCUT2D eigenvalue weighted by atomic mass is 16.3. The van der Waals surface area contributed by atoms with Gasteiger partial charge in [-0.1, -0.05) is 36.4 Å². The van der Waals surface area contributed by atoms with Gasteiger partial charge in [0.1, 0.15) is 5.82 Å². The molecule has 0 saturated carbocycles. The number of carbonyl (C=O) groups excluding carboxylic acids is 1. The van der Waals surface area contributed by atoms with E-state index in [2.05, 4.69) is 15.6 Å². The first-order valence-corrected chi connectivity index (χ1v) is 6.83. The first-order valence-electron chi connectivity index (χ1n) is 6.83. The highest BCUT2D eigenvalue weighted by Gasteiger charge is 2.12. The van der Waals surface area contributed by atoms with Gasteiger partial charge in [-0.3, -0.25) is 5.32 Å². The molecule has 0 saturated heterocycles. The van der Waals surface area contributed by atoms with Crippen LogP contribution in [-0.2, 0) is 6.42 Å². The number of hydrogen-bond acceptors (Lipinski definition) is 3. The van der Waals surface area contributed by atoms with Crippen molar-refractivity contribution in [2.75, 3.05) is 11.9 Å². The van der Waals surface area contributed by atoms with Gasteiger partial charge in [0.2, 0.25) is 0 Å². The summed E-state index contributed by atoms with van der Waals surface area (Å²) in [5.41, 5.74) is 1.89. The lowest BCUT2D eigenvalue weighted by molar-refractivity contribution is 0.224.